The third-order valence-electron chi connectivity index (χ3n) is 3.51. The van der Waals surface area contributed by atoms with Gasteiger partial charge in [0.25, 0.3) is 5.56 Å². The lowest BCUT2D eigenvalue weighted by Gasteiger charge is -2.10. The molecule has 0 spiro atoms. The van der Waals surface area contributed by atoms with E-state index >= 15 is 0 Å². The molecule has 128 valence electrons. The van der Waals surface area contributed by atoms with Gasteiger partial charge < -0.3 is 4.74 Å². The molecule has 0 bridgehead atoms. The third kappa shape index (κ3) is 4.22. The van der Waals surface area contributed by atoms with Crippen LogP contribution in [0.3, 0.4) is 0 Å². The summed E-state index contributed by atoms with van der Waals surface area (Å²) in [6.45, 7) is 0.318. The Morgan fingerprint density at radius 1 is 0.960 bits per heavy atom. The fourth-order valence-electron chi connectivity index (χ4n) is 2.18. The summed E-state index contributed by atoms with van der Waals surface area (Å²) in [6.07, 6.45) is 1.32. The molecule has 25 heavy (non-hydrogen) atoms. The molecule has 3 rings (SSSR count). The van der Waals surface area contributed by atoms with E-state index in [9.17, 15) is 13.6 Å². The van der Waals surface area contributed by atoms with Gasteiger partial charge in [-0.15, -0.1) is 0 Å². The van der Waals surface area contributed by atoms with Gasteiger partial charge in [0.15, 0.2) is 5.02 Å². The molecule has 0 aliphatic rings. The van der Waals surface area contributed by atoms with Gasteiger partial charge in [0.05, 0.1) is 6.54 Å². The molecule has 0 saturated heterocycles. The van der Waals surface area contributed by atoms with Crippen molar-refractivity contribution in [1.82, 2.24) is 9.55 Å². The predicted octanol–water partition coefficient (Wildman–Crippen LogP) is 3.80. The Hall–Kier alpha value is -2.73. The minimum absolute atomic E-state index is 0.00588. The van der Waals surface area contributed by atoms with E-state index in [2.05, 4.69) is 4.98 Å². The van der Waals surface area contributed by atoms with Gasteiger partial charge in [0.1, 0.15) is 24.6 Å². The van der Waals surface area contributed by atoms with Crippen molar-refractivity contribution >= 4 is 11.6 Å². The first-order chi connectivity index (χ1) is 12.0. The van der Waals surface area contributed by atoms with E-state index in [1.54, 1.807) is 24.3 Å². The van der Waals surface area contributed by atoms with Crippen molar-refractivity contribution in [2.75, 3.05) is 0 Å². The topological polar surface area (TPSA) is 44.1 Å². The monoisotopic (exact) mass is 362 g/mol. The number of aromatic nitrogens is 2. The second-order valence-corrected chi connectivity index (χ2v) is 5.72. The first kappa shape index (κ1) is 17.1. The lowest BCUT2D eigenvalue weighted by atomic mass is 10.2. The molecule has 0 N–H and O–H groups in total. The van der Waals surface area contributed by atoms with Gasteiger partial charge in [-0.1, -0.05) is 35.9 Å². The highest BCUT2D eigenvalue weighted by Gasteiger charge is 2.11. The highest BCUT2D eigenvalue weighted by molar-refractivity contribution is 6.31. The second-order valence-electron chi connectivity index (χ2n) is 5.34. The average molecular weight is 363 g/mol. The molecule has 0 amide bonds. The number of benzene rings is 2. The van der Waals surface area contributed by atoms with Crippen LogP contribution in [0.4, 0.5) is 8.78 Å². The van der Waals surface area contributed by atoms with Crippen LogP contribution in [0.5, 0.6) is 5.88 Å². The van der Waals surface area contributed by atoms with E-state index in [0.29, 0.717) is 0 Å². The van der Waals surface area contributed by atoms with Crippen LogP contribution < -0.4 is 10.3 Å². The Morgan fingerprint density at radius 3 is 2.12 bits per heavy atom. The van der Waals surface area contributed by atoms with Gasteiger partial charge in [-0.3, -0.25) is 9.36 Å². The number of halogens is 3. The quantitative estimate of drug-likeness (QED) is 0.693. The lowest BCUT2D eigenvalue weighted by Crippen LogP contribution is -2.22. The summed E-state index contributed by atoms with van der Waals surface area (Å²) in [5, 5.41) is -0.147. The summed E-state index contributed by atoms with van der Waals surface area (Å²) in [5.74, 6) is -0.688. The molecule has 0 aliphatic carbocycles. The van der Waals surface area contributed by atoms with Crippen molar-refractivity contribution in [2.24, 2.45) is 0 Å². The molecule has 0 saturated carbocycles. The molecule has 1 heterocycles. The standard InChI is InChI=1S/C18H13ClF2N2O2/c19-16-17(25-10-13-3-7-15(21)8-4-13)22-11-23(18(16)24)9-12-1-5-14(20)6-2-12/h1-8,11H,9-10H2. The molecule has 2 aromatic carbocycles. The zero-order chi connectivity index (χ0) is 17.8. The number of nitrogens with zero attached hydrogens (tertiary/aromatic N) is 2. The Labute approximate surface area is 147 Å². The Balaban J connectivity index is 1.74. The van der Waals surface area contributed by atoms with E-state index in [-0.39, 0.29) is 35.7 Å². The molecule has 1 aromatic heterocycles. The van der Waals surface area contributed by atoms with Crippen LogP contribution in [0, 0.1) is 11.6 Å². The van der Waals surface area contributed by atoms with Crippen LogP contribution in [-0.2, 0) is 13.2 Å². The molecular formula is C18H13ClF2N2O2. The molecule has 0 fully saturated rings. The minimum atomic E-state index is -0.463. The van der Waals surface area contributed by atoms with Crippen LogP contribution in [0.1, 0.15) is 11.1 Å². The summed E-state index contributed by atoms with van der Waals surface area (Å²) in [4.78, 5) is 16.4. The van der Waals surface area contributed by atoms with E-state index in [1.165, 1.54) is 35.2 Å². The smallest absolute Gasteiger partial charge is 0.276 e. The highest BCUT2D eigenvalue weighted by Crippen LogP contribution is 2.18. The first-order valence-corrected chi connectivity index (χ1v) is 7.77. The first-order valence-electron chi connectivity index (χ1n) is 7.39. The van der Waals surface area contributed by atoms with Gasteiger partial charge in [-0.2, -0.15) is 0 Å². The maximum atomic E-state index is 12.9. The van der Waals surface area contributed by atoms with Gasteiger partial charge in [-0.25, -0.2) is 13.8 Å². The Morgan fingerprint density at radius 2 is 1.52 bits per heavy atom. The highest BCUT2D eigenvalue weighted by atomic mass is 35.5. The molecule has 4 nitrogen and oxygen atoms in total. The van der Waals surface area contributed by atoms with E-state index in [1.807, 2.05) is 0 Å². The van der Waals surface area contributed by atoms with Crippen molar-refractivity contribution in [3.05, 3.63) is 93.0 Å². The average Bonchev–Trinajstić information content (AvgIpc) is 2.61. The maximum Gasteiger partial charge on any atom is 0.276 e. The minimum Gasteiger partial charge on any atom is -0.472 e. The molecule has 0 atom stereocenters. The normalized spacial score (nSPS) is 10.7. The Kier molecular flexibility index (Phi) is 5.09. The summed E-state index contributed by atoms with van der Waals surface area (Å²) >= 11 is 6.04. The number of ether oxygens (including phenoxy) is 1. The zero-order valence-corrected chi connectivity index (χ0v) is 13.7. The SMILES string of the molecule is O=c1c(Cl)c(OCc2ccc(F)cc2)ncn1Cc1ccc(F)cc1. The van der Waals surface area contributed by atoms with Gasteiger partial charge in [0.2, 0.25) is 5.88 Å². The van der Waals surface area contributed by atoms with Crippen LogP contribution >= 0.6 is 11.6 Å². The largest absolute Gasteiger partial charge is 0.472 e. The van der Waals surface area contributed by atoms with Crippen LogP contribution in [0.2, 0.25) is 5.02 Å². The molecule has 0 unspecified atom stereocenters. The van der Waals surface area contributed by atoms with Crippen molar-refractivity contribution in [1.29, 1.82) is 0 Å². The molecular weight excluding hydrogens is 350 g/mol. The van der Waals surface area contributed by atoms with E-state index in [4.69, 9.17) is 16.3 Å². The number of hydrogen-bond acceptors (Lipinski definition) is 3. The van der Waals surface area contributed by atoms with Crippen LogP contribution in [-0.4, -0.2) is 9.55 Å². The second kappa shape index (κ2) is 7.44. The summed E-state index contributed by atoms with van der Waals surface area (Å²) in [7, 11) is 0. The zero-order valence-electron chi connectivity index (χ0n) is 13.0. The predicted molar refractivity (Wildman–Crippen MR) is 89.7 cm³/mol. The fraction of sp³-hybridized carbons (Fsp3) is 0.111. The van der Waals surface area contributed by atoms with Crippen LogP contribution in [0.25, 0.3) is 0 Å². The van der Waals surface area contributed by atoms with Gasteiger partial charge >= 0.3 is 0 Å². The van der Waals surface area contributed by atoms with Gasteiger partial charge in [-0.05, 0) is 35.4 Å². The van der Waals surface area contributed by atoms with Crippen molar-refractivity contribution in [3.63, 3.8) is 0 Å². The fourth-order valence-corrected chi connectivity index (χ4v) is 2.39. The summed E-state index contributed by atoms with van der Waals surface area (Å²) in [5.41, 5.74) is 0.992. The van der Waals surface area contributed by atoms with E-state index in [0.717, 1.165) is 11.1 Å². The molecule has 3 aromatic rings. The van der Waals surface area contributed by atoms with Crippen molar-refractivity contribution in [2.45, 2.75) is 13.2 Å². The molecule has 0 aliphatic heterocycles. The van der Waals surface area contributed by atoms with Crippen LogP contribution in [0.15, 0.2) is 59.7 Å². The number of hydrogen-bond donors (Lipinski definition) is 0. The molecule has 7 heteroatoms. The van der Waals surface area contributed by atoms with Crippen molar-refractivity contribution in [3.8, 4) is 5.88 Å². The number of rotatable bonds is 5. The van der Waals surface area contributed by atoms with Gasteiger partial charge in [0, 0.05) is 0 Å². The van der Waals surface area contributed by atoms with E-state index < -0.39 is 5.56 Å². The summed E-state index contributed by atoms with van der Waals surface area (Å²) < 4.78 is 32.5. The van der Waals surface area contributed by atoms with Crippen molar-refractivity contribution < 1.29 is 13.5 Å². The Bertz CT molecular complexity index is 925. The third-order valence-corrected chi connectivity index (χ3v) is 3.83. The lowest BCUT2D eigenvalue weighted by molar-refractivity contribution is 0.292. The maximum absolute atomic E-state index is 12.9. The summed E-state index contributed by atoms with van der Waals surface area (Å²) in [6, 6.07) is 11.6. The molecule has 0 radical (unpaired) electrons.